The number of halogens is 1. The van der Waals surface area contributed by atoms with E-state index in [1.54, 1.807) is 12.5 Å². The molecule has 0 aliphatic carbocycles. The summed E-state index contributed by atoms with van der Waals surface area (Å²) in [5.74, 6) is -1.54. The molecule has 2 heterocycles. The Labute approximate surface area is 170 Å². The Morgan fingerprint density at radius 2 is 1.90 bits per heavy atom. The van der Waals surface area contributed by atoms with Gasteiger partial charge in [0.25, 0.3) is 0 Å². The second-order valence-corrected chi connectivity index (χ2v) is 6.69. The van der Waals surface area contributed by atoms with Crippen LogP contribution in [-0.4, -0.2) is 25.2 Å². The summed E-state index contributed by atoms with van der Waals surface area (Å²) >= 11 is 0. The van der Waals surface area contributed by atoms with Crippen LogP contribution in [0.1, 0.15) is 18.5 Å². The second-order valence-electron chi connectivity index (χ2n) is 6.69. The van der Waals surface area contributed by atoms with Crippen LogP contribution in [0.3, 0.4) is 0 Å². The molecule has 1 atom stereocenters. The second kappa shape index (κ2) is 8.16. The fraction of sp³-hybridized carbons (Fsp3) is 0.143. The molecule has 0 fully saturated rings. The number of imidazole rings is 1. The number of amides is 1. The van der Waals surface area contributed by atoms with Gasteiger partial charge in [-0.1, -0.05) is 12.1 Å². The normalized spacial score (nSPS) is 11.9. The Morgan fingerprint density at radius 1 is 1.17 bits per heavy atom. The average molecular weight is 407 g/mol. The van der Waals surface area contributed by atoms with Crippen LogP contribution >= 0.6 is 0 Å². The van der Waals surface area contributed by atoms with Gasteiger partial charge in [0.15, 0.2) is 0 Å². The minimum atomic E-state index is -0.762. The molecule has 0 saturated carbocycles. The summed E-state index contributed by atoms with van der Waals surface area (Å²) in [4.78, 5) is 28.4. The zero-order valence-electron chi connectivity index (χ0n) is 16.0. The number of nitrogens with one attached hydrogen (secondary N) is 1. The van der Waals surface area contributed by atoms with Crippen LogP contribution in [0, 0.1) is 5.82 Å². The summed E-state index contributed by atoms with van der Waals surface area (Å²) in [6.07, 6.45) is 5.25. The van der Waals surface area contributed by atoms with Crippen LogP contribution in [0.15, 0.2) is 76.5 Å². The van der Waals surface area contributed by atoms with Gasteiger partial charge >= 0.3 is 5.76 Å². The largest absolute Gasteiger partial charge is 0.437 e. The van der Waals surface area contributed by atoms with Crippen molar-refractivity contribution < 1.29 is 13.6 Å². The Morgan fingerprint density at radius 3 is 2.57 bits per heavy atom. The molecule has 30 heavy (non-hydrogen) atoms. The monoisotopic (exact) mass is 407 g/mol. The third kappa shape index (κ3) is 4.19. The quantitative estimate of drug-likeness (QED) is 0.530. The van der Waals surface area contributed by atoms with E-state index in [1.807, 2.05) is 42.0 Å². The predicted molar refractivity (Wildman–Crippen MR) is 106 cm³/mol. The summed E-state index contributed by atoms with van der Waals surface area (Å²) in [5, 5.41) is 6.85. The summed E-state index contributed by atoms with van der Waals surface area (Å²) in [7, 11) is 0. The van der Waals surface area contributed by atoms with Crippen LogP contribution < -0.4 is 11.1 Å². The van der Waals surface area contributed by atoms with E-state index in [-0.39, 0.29) is 24.4 Å². The number of carbonyl (C=O) groups is 1. The van der Waals surface area contributed by atoms with Crippen LogP contribution in [-0.2, 0) is 11.3 Å². The zero-order chi connectivity index (χ0) is 21.1. The lowest BCUT2D eigenvalue weighted by Gasteiger charge is -2.14. The van der Waals surface area contributed by atoms with E-state index in [2.05, 4.69) is 15.4 Å². The molecule has 2 aromatic carbocycles. The smallest absolute Gasteiger partial charge is 0.388 e. The van der Waals surface area contributed by atoms with Crippen molar-refractivity contribution in [3.05, 3.63) is 89.2 Å². The molecular weight excluding hydrogens is 389 g/mol. The fourth-order valence-electron chi connectivity index (χ4n) is 2.97. The van der Waals surface area contributed by atoms with Gasteiger partial charge in [-0.3, -0.25) is 4.79 Å². The molecule has 0 bridgehead atoms. The molecule has 4 rings (SSSR count). The molecule has 1 N–H and O–H groups in total. The highest BCUT2D eigenvalue weighted by molar-refractivity contribution is 5.76. The van der Waals surface area contributed by atoms with E-state index in [0.717, 1.165) is 15.9 Å². The standard InChI is InChI=1S/C21H18FN5O3/c1-14(15-4-8-18(9-5-15)26-11-10-23-13-26)24-19(28)12-27-21(29)30-20(25-27)16-2-6-17(22)7-3-16/h2-11,13-14H,12H2,1H3,(H,24,28)/t14-/m1/s1. The van der Waals surface area contributed by atoms with E-state index in [9.17, 15) is 14.0 Å². The van der Waals surface area contributed by atoms with Gasteiger partial charge in [-0.05, 0) is 48.9 Å². The molecule has 1 amide bonds. The summed E-state index contributed by atoms with van der Waals surface area (Å²) < 4.78 is 20.9. The highest BCUT2D eigenvalue weighted by atomic mass is 19.1. The Kier molecular flexibility index (Phi) is 5.25. The third-order valence-corrected chi connectivity index (χ3v) is 4.56. The van der Waals surface area contributed by atoms with Crippen LogP contribution in [0.4, 0.5) is 4.39 Å². The molecule has 0 saturated heterocycles. The number of nitrogens with zero attached hydrogens (tertiary/aromatic N) is 4. The van der Waals surface area contributed by atoms with Crippen molar-refractivity contribution in [2.75, 3.05) is 0 Å². The fourth-order valence-corrected chi connectivity index (χ4v) is 2.97. The minimum absolute atomic E-state index is 0.0240. The minimum Gasteiger partial charge on any atom is -0.388 e. The van der Waals surface area contributed by atoms with Crippen molar-refractivity contribution >= 4 is 5.91 Å². The van der Waals surface area contributed by atoms with Gasteiger partial charge < -0.3 is 14.3 Å². The maximum Gasteiger partial charge on any atom is 0.437 e. The first-order valence-electron chi connectivity index (χ1n) is 9.21. The SMILES string of the molecule is C[C@@H](NC(=O)Cn1nc(-c2ccc(F)cc2)oc1=O)c1ccc(-n2ccnc2)cc1. The number of aromatic nitrogens is 4. The maximum atomic E-state index is 13.0. The molecule has 0 spiro atoms. The van der Waals surface area contributed by atoms with Gasteiger partial charge in [-0.25, -0.2) is 14.2 Å². The lowest BCUT2D eigenvalue weighted by Crippen LogP contribution is -2.33. The number of hydrogen-bond donors (Lipinski definition) is 1. The lowest BCUT2D eigenvalue weighted by molar-refractivity contribution is -0.122. The molecule has 152 valence electrons. The van der Waals surface area contributed by atoms with Crippen molar-refractivity contribution in [2.24, 2.45) is 0 Å². The van der Waals surface area contributed by atoms with E-state index < -0.39 is 11.6 Å². The van der Waals surface area contributed by atoms with Crippen molar-refractivity contribution in [3.8, 4) is 17.1 Å². The number of benzene rings is 2. The van der Waals surface area contributed by atoms with Gasteiger partial charge in [-0.2, -0.15) is 4.68 Å². The highest BCUT2D eigenvalue weighted by Crippen LogP contribution is 2.17. The summed E-state index contributed by atoms with van der Waals surface area (Å²) in [6, 6.07) is 12.8. The molecule has 0 aliphatic heterocycles. The van der Waals surface area contributed by atoms with Crippen molar-refractivity contribution in [1.82, 2.24) is 24.6 Å². The van der Waals surface area contributed by atoms with E-state index >= 15 is 0 Å². The average Bonchev–Trinajstić information content (AvgIpc) is 3.39. The van der Waals surface area contributed by atoms with Gasteiger partial charge in [0.1, 0.15) is 12.4 Å². The molecule has 0 radical (unpaired) electrons. The predicted octanol–water partition coefficient (Wildman–Crippen LogP) is 2.71. The molecule has 9 heteroatoms. The van der Waals surface area contributed by atoms with Gasteiger partial charge in [-0.15, -0.1) is 5.10 Å². The highest BCUT2D eigenvalue weighted by Gasteiger charge is 2.15. The summed E-state index contributed by atoms with van der Waals surface area (Å²) in [6.45, 7) is 1.56. The van der Waals surface area contributed by atoms with Crippen LogP contribution in [0.2, 0.25) is 0 Å². The first kappa shape index (κ1) is 19.3. The first-order valence-corrected chi connectivity index (χ1v) is 9.21. The Bertz CT molecular complexity index is 1190. The van der Waals surface area contributed by atoms with E-state index in [1.165, 1.54) is 24.3 Å². The van der Waals surface area contributed by atoms with E-state index in [0.29, 0.717) is 5.56 Å². The van der Waals surface area contributed by atoms with Gasteiger partial charge in [0.05, 0.1) is 12.4 Å². The molecule has 0 aliphatic rings. The lowest BCUT2D eigenvalue weighted by atomic mass is 10.1. The van der Waals surface area contributed by atoms with Crippen molar-refractivity contribution in [3.63, 3.8) is 0 Å². The van der Waals surface area contributed by atoms with Crippen LogP contribution in [0.25, 0.3) is 17.1 Å². The van der Waals surface area contributed by atoms with Crippen LogP contribution in [0.5, 0.6) is 0 Å². The number of carbonyl (C=O) groups excluding carboxylic acids is 1. The van der Waals surface area contributed by atoms with Gasteiger partial charge in [0.2, 0.25) is 11.8 Å². The molecule has 2 aromatic heterocycles. The zero-order valence-corrected chi connectivity index (χ0v) is 16.0. The summed E-state index contributed by atoms with van der Waals surface area (Å²) in [5.41, 5.74) is 2.31. The Balaban J connectivity index is 1.41. The molecule has 8 nitrogen and oxygen atoms in total. The van der Waals surface area contributed by atoms with Gasteiger partial charge in [0, 0.05) is 23.6 Å². The van der Waals surface area contributed by atoms with E-state index in [4.69, 9.17) is 4.42 Å². The molecule has 4 aromatic rings. The van der Waals surface area contributed by atoms with Crippen molar-refractivity contribution in [2.45, 2.75) is 19.5 Å². The Hall–Kier alpha value is -4.01. The molecular formula is C21H18FN5O3. The number of rotatable bonds is 6. The third-order valence-electron chi connectivity index (χ3n) is 4.56. The van der Waals surface area contributed by atoms with Crippen molar-refractivity contribution in [1.29, 1.82) is 0 Å². The molecule has 0 unspecified atom stereocenters. The first-order chi connectivity index (χ1) is 14.5. The number of hydrogen-bond acceptors (Lipinski definition) is 5. The topological polar surface area (TPSA) is 95.0 Å². The maximum absolute atomic E-state index is 13.0.